The highest BCUT2D eigenvalue weighted by molar-refractivity contribution is 7.86. The average molecular weight is 222 g/mol. The van der Waals surface area contributed by atoms with E-state index in [9.17, 15) is 8.42 Å². The summed E-state index contributed by atoms with van der Waals surface area (Å²) in [6.45, 7) is 5.80. The van der Waals surface area contributed by atoms with Gasteiger partial charge in [-0.1, -0.05) is 33.1 Å². The Labute approximate surface area is 88.0 Å². The summed E-state index contributed by atoms with van der Waals surface area (Å²) in [5.74, 6) is 0.164. The molecule has 0 aromatic rings. The van der Waals surface area contributed by atoms with Gasteiger partial charge >= 0.3 is 0 Å². The highest BCUT2D eigenvalue weighted by atomic mass is 32.2. The SMILES string of the molecule is CCCCCCS(=O)(=O)OC(C)CC. The molecule has 0 radical (unpaired) electrons. The predicted molar refractivity (Wildman–Crippen MR) is 58.8 cm³/mol. The molecule has 0 aromatic carbocycles. The van der Waals surface area contributed by atoms with Gasteiger partial charge in [0.1, 0.15) is 0 Å². The van der Waals surface area contributed by atoms with E-state index in [0.717, 1.165) is 25.7 Å². The molecule has 0 saturated carbocycles. The Kier molecular flexibility index (Phi) is 7.19. The maximum atomic E-state index is 11.3. The summed E-state index contributed by atoms with van der Waals surface area (Å²) in [4.78, 5) is 0. The molecule has 0 amide bonds. The third-order valence-electron chi connectivity index (χ3n) is 2.13. The van der Waals surface area contributed by atoms with Crippen molar-refractivity contribution >= 4 is 10.1 Å². The molecule has 0 heterocycles. The van der Waals surface area contributed by atoms with Gasteiger partial charge in [-0.3, -0.25) is 4.18 Å². The van der Waals surface area contributed by atoms with E-state index >= 15 is 0 Å². The Hall–Kier alpha value is -0.0900. The normalized spacial score (nSPS) is 14.2. The molecule has 86 valence electrons. The standard InChI is InChI=1S/C10H22O3S/c1-4-6-7-8-9-14(11,12)13-10(3)5-2/h10H,4-9H2,1-3H3. The van der Waals surface area contributed by atoms with Crippen LogP contribution in [0.5, 0.6) is 0 Å². The molecule has 0 rings (SSSR count). The van der Waals surface area contributed by atoms with Gasteiger partial charge in [0.05, 0.1) is 11.9 Å². The molecule has 4 heteroatoms. The van der Waals surface area contributed by atoms with E-state index in [1.165, 1.54) is 0 Å². The number of rotatable bonds is 8. The zero-order chi connectivity index (χ0) is 11.0. The van der Waals surface area contributed by atoms with Crippen LogP contribution in [-0.2, 0) is 14.3 Å². The topological polar surface area (TPSA) is 43.4 Å². The first kappa shape index (κ1) is 13.9. The average Bonchev–Trinajstić information content (AvgIpc) is 2.12. The Bertz CT molecular complexity index is 222. The molecular weight excluding hydrogens is 200 g/mol. The molecule has 0 N–H and O–H groups in total. The monoisotopic (exact) mass is 222 g/mol. The summed E-state index contributed by atoms with van der Waals surface area (Å²) in [6, 6.07) is 0. The molecule has 0 aliphatic heterocycles. The number of unbranched alkanes of at least 4 members (excludes halogenated alkanes) is 3. The van der Waals surface area contributed by atoms with Crippen molar-refractivity contribution in [3.8, 4) is 0 Å². The van der Waals surface area contributed by atoms with Crippen molar-refractivity contribution in [2.24, 2.45) is 0 Å². The van der Waals surface area contributed by atoms with E-state index < -0.39 is 10.1 Å². The van der Waals surface area contributed by atoms with Crippen LogP contribution in [0.1, 0.15) is 52.9 Å². The molecule has 0 spiro atoms. The van der Waals surface area contributed by atoms with Crippen molar-refractivity contribution in [1.29, 1.82) is 0 Å². The van der Waals surface area contributed by atoms with E-state index in [4.69, 9.17) is 4.18 Å². The number of hydrogen-bond acceptors (Lipinski definition) is 3. The van der Waals surface area contributed by atoms with Crippen LogP contribution in [0, 0.1) is 0 Å². The lowest BCUT2D eigenvalue weighted by Crippen LogP contribution is -2.17. The molecule has 1 atom stereocenters. The second kappa shape index (κ2) is 7.23. The second-order valence-corrected chi connectivity index (χ2v) is 5.35. The van der Waals surface area contributed by atoms with Gasteiger partial charge in [-0.2, -0.15) is 8.42 Å². The molecule has 0 aliphatic carbocycles. The Morgan fingerprint density at radius 3 is 2.29 bits per heavy atom. The molecule has 0 fully saturated rings. The summed E-state index contributed by atoms with van der Waals surface area (Å²) in [6.07, 6.45) is 4.44. The third-order valence-corrected chi connectivity index (χ3v) is 3.54. The number of hydrogen-bond donors (Lipinski definition) is 0. The summed E-state index contributed by atoms with van der Waals surface area (Å²) in [5, 5.41) is 0. The van der Waals surface area contributed by atoms with Crippen LogP contribution >= 0.6 is 0 Å². The predicted octanol–water partition coefficient (Wildman–Crippen LogP) is 2.71. The summed E-state index contributed by atoms with van der Waals surface area (Å²) in [7, 11) is -3.27. The van der Waals surface area contributed by atoms with E-state index in [-0.39, 0.29) is 11.9 Å². The quantitative estimate of drug-likeness (QED) is 0.468. The first-order chi connectivity index (χ1) is 6.52. The first-order valence-electron chi connectivity index (χ1n) is 5.42. The molecule has 1 unspecified atom stereocenters. The minimum atomic E-state index is -3.27. The molecule has 0 aromatic heterocycles. The van der Waals surface area contributed by atoms with E-state index in [2.05, 4.69) is 6.92 Å². The molecule has 3 nitrogen and oxygen atoms in total. The van der Waals surface area contributed by atoms with Crippen molar-refractivity contribution in [2.45, 2.75) is 59.0 Å². The summed E-state index contributed by atoms with van der Waals surface area (Å²) < 4.78 is 27.6. The van der Waals surface area contributed by atoms with Gasteiger partial charge in [0, 0.05) is 0 Å². The molecule has 0 saturated heterocycles. The largest absolute Gasteiger partial charge is 0.267 e. The maximum absolute atomic E-state index is 11.3. The van der Waals surface area contributed by atoms with E-state index in [1.807, 2.05) is 6.92 Å². The van der Waals surface area contributed by atoms with Crippen LogP contribution in [0.2, 0.25) is 0 Å². The van der Waals surface area contributed by atoms with Gasteiger partial charge < -0.3 is 0 Å². The fraction of sp³-hybridized carbons (Fsp3) is 1.00. The minimum absolute atomic E-state index is 0.164. The smallest absolute Gasteiger partial charge is 0.267 e. The van der Waals surface area contributed by atoms with Crippen molar-refractivity contribution in [3.05, 3.63) is 0 Å². The van der Waals surface area contributed by atoms with Crippen molar-refractivity contribution in [1.82, 2.24) is 0 Å². The van der Waals surface area contributed by atoms with Crippen molar-refractivity contribution in [2.75, 3.05) is 5.75 Å². The molecule has 0 aliphatic rings. The lowest BCUT2D eigenvalue weighted by molar-refractivity contribution is 0.224. The van der Waals surface area contributed by atoms with Gasteiger partial charge in [-0.25, -0.2) is 0 Å². The Morgan fingerprint density at radius 1 is 1.14 bits per heavy atom. The van der Waals surface area contributed by atoms with Crippen LogP contribution < -0.4 is 0 Å². The lowest BCUT2D eigenvalue weighted by Gasteiger charge is -2.10. The van der Waals surface area contributed by atoms with Crippen molar-refractivity contribution in [3.63, 3.8) is 0 Å². The Morgan fingerprint density at radius 2 is 1.79 bits per heavy atom. The zero-order valence-electron chi connectivity index (χ0n) is 9.45. The van der Waals surface area contributed by atoms with E-state index in [0.29, 0.717) is 6.42 Å². The molecular formula is C10H22O3S. The molecule has 0 bridgehead atoms. The van der Waals surface area contributed by atoms with Crippen LogP contribution in [0.3, 0.4) is 0 Å². The van der Waals surface area contributed by atoms with E-state index in [1.54, 1.807) is 6.92 Å². The highest BCUT2D eigenvalue weighted by Gasteiger charge is 2.13. The van der Waals surface area contributed by atoms with Gasteiger partial charge in [0.15, 0.2) is 0 Å². The summed E-state index contributed by atoms with van der Waals surface area (Å²) >= 11 is 0. The fourth-order valence-corrected chi connectivity index (χ4v) is 2.36. The Balaban J connectivity index is 3.73. The van der Waals surface area contributed by atoms with Crippen LogP contribution in [-0.4, -0.2) is 20.3 Å². The highest BCUT2D eigenvalue weighted by Crippen LogP contribution is 2.07. The first-order valence-corrected chi connectivity index (χ1v) is 7.00. The minimum Gasteiger partial charge on any atom is -0.267 e. The van der Waals surface area contributed by atoms with Gasteiger partial charge in [-0.15, -0.1) is 0 Å². The van der Waals surface area contributed by atoms with Crippen LogP contribution in [0.4, 0.5) is 0 Å². The van der Waals surface area contributed by atoms with Gasteiger partial charge in [0.25, 0.3) is 10.1 Å². The zero-order valence-corrected chi connectivity index (χ0v) is 10.3. The fourth-order valence-electron chi connectivity index (χ4n) is 1.07. The maximum Gasteiger partial charge on any atom is 0.267 e. The van der Waals surface area contributed by atoms with Crippen LogP contribution in [0.25, 0.3) is 0 Å². The van der Waals surface area contributed by atoms with Crippen molar-refractivity contribution < 1.29 is 12.6 Å². The van der Waals surface area contributed by atoms with Crippen LogP contribution in [0.15, 0.2) is 0 Å². The second-order valence-electron chi connectivity index (χ2n) is 3.64. The summed E-state index contributed by atoms with van der Waals surface area (Å²) in [5.41, 5.74) is 0. The molecule has 14 heavy (non-hydrogen) atoms. The van der Waals surface area contributed by atoms with Gasteiger partial charge in [0.2, 0.25) is 0 Å². The lowest BCUT2D eigenvalue weighted by atomic mass is 10.2. The third kappa shape index (κ3) is 7.33. The van der Waals surface area contributed by atoms with Gasteiger partial charge in [-0.05, 0) is 19.8 Å².